The predicted molar refractivity (Wildman–Crippen MR) is 98.8 cm³/mol. The summed E-state index contributed by atoms with van der Waals surface area (Å²) in [6, 6.07) is 14.7. The van der Waals surface area contributed by atoms with Crippen LogP contribution in [-0.4, -0.2) is 33.2 Å². The number of para-hydroxylation sites is 1. The molecule has 3 rings (SSSR count). The molecule has 4 N–H and O–H groups in total. The van der Waals surface area contributed by atoms with Crippen LogP contribution < -0.4 is 15.8 Å². The average Bonchev–Trinajstić information content (AvgIpc) is 2.98. The fourth-order valence-electron chi connectivity index (χ4n) is 2.67. The number of fused-ring (bicyclic) bond motifs is 1. The van der Waals surface area contributed by atoms with Crippen molar-refractivity contribution in [2.45, 2.75) is 26.1 Å². The number of benzene rings is 2. The molecule has 1 amide bonds. The van der Waals surface area contributed by atoms with Gasteiger partial charge < -0.3 is 20.1 Å². The Balaban J connectivity index is 1.89. The lowest BCUT2D eigenvalue weighted by molar-refractivity contribution is -0.119. The molecule has 0 unspecified atom stereocenters. The summed E-state index contributed by atoms with van der Waals surface area (Å²) < 4.78 is 7.79. The van der Waals surface area contributed by atoms with Gasteiger partial charge in [0.1, 0.15) is 17.3 Å². The smallest absolute Gasteiger partial charge is 0.234 e. The molecule has 2 aromatic carbocycles. The number of nitrogens with one attached hydrogen (secondary N) is 1. The lowest BCUT2D eigenvalue weighted by Crippen LogP contribution is -2.38. The van der Waals surface area contributed by atoms with E-state index in [0.717, 1.165) is 22.6 Å². The summed E-state index contributed by atoms with van der Waals surface area (Å²) >= 11 is 0. The number of carbonyl (C=O) groups excluding carboxylic acids is 1. The number of primary amides is 1. The van der Waals surface area contributed by atoms with E-state index in [0.29, 0.717) is 18.8 Å². The summed E-state index contributed by atoms with van der Waals surface area (Å²) in [6.45, 7) is 2.45. The van der Waals surface area contributed by atoms with Gasteiger partial charge >= 0.3 is 0 Å². The van der Waals surface area contributed by atoms with Gasteiger partial charge in [0.15, 0.2) is 0 Å². The molecule has 0 bridgehead atoms. The van der Waals surface area contributed by atoms with E-state index in [1.54, 1.807) is 6.92 Å². The minimum Gasteiger partial charge on any atom is -0.457 e. The fraction of sp³-hybridized carbons (Fsp3) is 0.263. The van der Waals surface area contributed by atoms with Crippen LogP contribution in [0.5, 0.6) is 11.5 Å². The average molecular weight is 354 g/mol. The highest BCUT2D eigenvalue weighted by atomic mass is 16.5. The molecule has 1 atom stereocenters. The van der Waals surface area contributed by atoms with Crippen molar-refractivity contribution in [3.8, 4) is 11.5 Å². The molecule has 0 aliphatic heterocycles. The van der Waals surface area contributed by atoms with Crippen molar-refractivity contribution in [1.82, 2.24) is 14.9 Å². The molecule has 7 heteroatoms. The first-order valence-electron chi connectivity index (χ1n) is 8.44. The lowest BCUT2D eigenvalue weighted by atomic mass is 10.3. The molecule has 136 valence electrons. The number of hydrogen-bond acceptors (Lipinski definition) is 5. The number of carbonyl (C=O) groups is 1. The molecule has 1 aromatic heterocycles. The minimum absolute atomic E-state index is 0.0202. The molecule has 0 aliphatic rings. The second-order valence-corrected chi connectivity index (χ2v) is 5.97. The molecule has 0 saturated carbocycles. The molecule has 0 saturated heterocycles. The van der Waals surface area contributed by atoms with E-state index in [1.807, 2.05) is 53.1 Å². The number of ether oxygens (including phenoxy) is 1. The van der Waals surface area contributed by atoms with Crippen LogP contribution in [0.2, 0.25) is 0 Å². The molecule has 26 heavy (non-hydrogen) atoms. The van der Waals surface area contributed by atoms with Gasteiger partial charge in [-0.25, -0.2) is 4.98 Å². The van der Waals surface area contributed by atoms with Gasteiger partial charge in [-0.2, -0.15) is 0 Å². The van der Waals surface area contributed by atoms with Crippen molar-refractivity contribution in [3.63, 3.8) is 0 Å². The fourth-order valence-corrected chi connectivity index (χ4v) is 2.67. The van der Waals surface area contributed by atoms with Crippen LogP contribution >= 0.6 is 0 Å². The Morgan fingerprint density at radius 2 is 2.04 bits per heavy atom. The Morgan fingerprint density at radius 1 is 1.27 bits per heavy atom. The van der Waals surface area contributed by atoms with Crippen molar-refractivity contribution in [2.24, 2.45) is 5.73 Å². The van der Waals surface area contributed by atoms with Crippen LogP contribution in [0.25, 0.3) is 11.0 Å². The van der Waals surface area contributed by atoms with E-state index in [9.17, 15) is 9.90 Å². The summed E-state index contributed by atoms with van der Waals surface area (Å²) in [7, 11) is 0. The molecule has 1 heterocycles. The monoisotopic (exact) mass is 354 g/mol. The Bertz CT molecular complexity index is 892. The maximum atomic E-state index is 11.2. The Morgan fingerprint density at radius 3 is 2.73 bits per heavy atom. The second kappa shape index (κ2) is 7.99. The SMILES string of the molecule is C[C@H](NCc1nc2ccc(Oc3ccccc3)cc2n1CCO)C(N)=O. The van der Waals surface area contributed by atoms with Crippen LogP contribution in [0, 0.1) is 0 Å². The molecular weight excluding hydrogens is 332 g/mol. The first-order chi connectivity index (χ1) is 12.6. The van der Waals surface area contributed by atoms with Crippen LogP contribution in [0.3, 0.4) is 0 Å². The largest absolute Gasteiger partial charge is 0.457 e. The summed E-state index contributed by atoms with van der Waals surface area (Å²) in [5.41, 5.74) is 6.93. The number of hydrogen-bond donors (Lipinski definition) is 3. The highest BCUT2D eigenvalue weighted by Crippen LogP contribution is 2.26. The van der Waals surface area contributed by atoms with Crippen molar-refractivity contribution in [3.05, 3.63) is 54.4 Å². The number of nitrogens with two attached hydrogens (primary N) is 1. The zero-order valence-corrected chi connectivity index (χ0v) is 14.6. The van der Waals surface area contributed by atoms with Crippen LogP contribution in [-0.2, 0) is 17.9 Å². The second-order valence-electron chi connectivity index (χ2n) is 5.97. The molecule has 0 aliphatic carbocycles. The zero-order valence-electron chi connectivity index (χ0n) is 14.6. The van der Waals surface area contributed by atoms with Crippen molar-refractivity contribution in [2.75, 3.05) is 6.61 Å². The maximum absolute atomic E-state index is 11.2. The zero-order chi connectivity index (χ0) is 18.5. The third-order valence-electron chi connectivity index (χ3n) is 4.09. The van der Waals surface area contributed by atoms with Crippen molar-refractivity contribution >= 4 is 16.9 Å². The number of rotatable bonds is 8. The standard InChI is InChI=1S/C19H22N4O3/c1-13(19(20)25)21-12-18-22-16-8-7-15(11-17(16)23(18)9-10-24)26-14-5-3-2-4-6-14/h2-8,11,13,21,24H,9-10,12H2,1H3,(H2,20,25)/t13-/m0/s1. The van der Waals surface area contributed by atoms with Crippen molar-refractivity contribution < 1.29 is 14.6 Å². The molecule has 7 nitrogen and oxygen atoms in total. The first-order valence-corrected chi connectivity index (χ1v) is 8.44. The highest BCUT2D eigenvalue weighted by Gasteiger charge is 2.14. The predicted octanol–water partition coefficient (Wildman–Crippen LogP) is 1.78. The quantitative estimate of drug-likeness (QED) is 0.572. The molecule has 0 fully saturated rings. The number of aliphatic hydroxyl groups excluding tert-OH is 1. The van der Waals surface area contributed by atoms with Gasteiger partial charge in [0.05, 0.1) is 30.2 Å². The van der Waals surface area contributed by atoms with Gasteiger partial charge in [-0.3, -0.25) is 10.1 Å². The minimum atomic E-state index is -0.464. The van der Waals surface area contributed by atoms with E-state index in [2.05, 4.69) is 10.3 Å². The van der Waals surface area contributed by atoms with Gasteiger partial charge in [0, 0.05) is 12.6 Å². The maximum Gasteiger partial charge on any atom is 0.234 e. The van der Waals surface area contributed by atoms with Gasteiger partial charge in [-0.15, -0.1) is 0 Å². The van der Waals surface area contributed by atoms with Gasteiger partial charge in [0.25, 0.3) is 0 Å². The Kier molecular flexibility index (Phi) is 5.50. The number of aromatic nitrogens is 2. The normalized spacial score (nSPS) is 12.2. The van der Waals surface area contributed by atoms with E-state index in [1.165, 1.54) is 0 Å². The summed E-state index contributed by atoms with van der Waals surface area (Å²) in [6.07, 6.45) is 0. The van der Waals surface area contributed by atoms with Crippen molar-refractivity contribution in [1.29, 1.82) is 0 Å². The molecule has 3 aromatic rings. The Hall–Kier alpha value is -2.90. The van der Waals surface area contributed by atoms with Gasteiger partial charge in [-0.05, 0) is 31.2 Å². The number of amides is 1. The topological polar surface area (TPSA) is 102 Å². The summed E-state index contributed by atoms with van der Waals surface area (Å²) in [4.78, 5) is 15.8. The van der Waals surface area contributed by atoms with E-state index in [4.69, 9.17) is 10.5 Å². The molecule has 0 spiro atoms. The molecular formula is C19H22N4O3. The van der Waals surface area contributed by atoms with E-state index >= 15 is 0 Å². The van der Waals surface area contributed by atoms with Gasteiger partial charge in [0.2, 0.25) is 5.91 Å². The third kappa shape index (κ3) is 4.01. The van der Waals surface area contributed by atoms with E-state index < -0.39 is 11.9 Å². The number of imidazole rings is 1. The third-order valence-corrected chi connectivity index (χ3v) is 4.09. The number of aliphatic hydroxyl groups is 1. The lowest BCUT2D eigenvalue weighted by Gasteiger charge is -2.12. The highest BCUT2D eigenvalue weighted by molar-refractivity contribution is 5.79. The number of nitrogens with zero attached hydrogens (tertiary/aromatic N) is 2. The van der Waals surface area contributed by atoms with Crippen LogP contribution in [0.4, 0.5) is 0 Å². The summed E-state index contributed by atoms with van der Waals surface area (Å²) in [5, 5.41) is 12.5. The van der Waals surface area contributed by atoms with E-state index in [-0.39, 0.29) is 6.61 Å². The van der Waals surface area contributed by atoms with Gasteiger partial charge in [-0.1, -0.05) is 18.2 Å². The van der Waals surface area contributed by atoms with Crippen LogP contribution in [0.1, 0.15) is 12.7 Å². The Labute approximate surface area is 151 Å². The first kappa shape index (κ1) is 17.9. The summed E-state index contributed by atoms with van der Waals surface area (Å²) in [5.74, 6) is 1.73. The van der Waals surface area contributed by atoms with Crippen LogP contribution in [0.15, 0.2) is 48.5 Å². The molecule has 0 radical (unpaired) electrons.